The molecule has 0 bridgehead atoms. The van der Waals surface area contributed by atoms with Crippen LogP contribution in [0.1, 0.15) is 12.8 Å². The van der Waals surface area contributed by atoms with Gasteiger partial charge in [-0.3, -0.25) is 4.98 Å². The number of rotatable bonds is 5. The lowest BCUT2D eigenvalue weighted by Crippen LogP contribution is -2.52. The zero-order valence-electron chi connectivity index (χ0n) is 10.2. The molecule has 2 heterocycles. The van der Waals surface area contributed by atoms with Gasteiger partial charge >= 0.3 is 0 Å². The minimum atomic E-state index is -3.02. The number of ether oxygens (including phenoxy) is 1. The summed E-state index contributed by atoms with van der Waals surface area (Å²) < 4.78 is 30.8. The van der Waals surface area contributed by atoms with Crippen molar-refractivity contribution >= 4 is 21.6 Å². The highest BCUT2D eigenvalue weighted by molar-refractivity contribution is 7.90. The number of sulfonamides is 1. The molecule has 0 N–H and O–H groups in total. The van der Waals surface area contributed by atoms with Gasteiger partial charge in [-0.1, -0.05) is 11.6 Å². The van der Waals surface area contributed by atoms with Crippen LogP contribution in [-0.2, 0) is 10.0 Å². The Kier molecular flexibility index (Phi) is 3.36. The lowest BCUT2D eigenvalue weighted by Gasteiger charge is -2.37. The third-order valence-electron chi connectivity index (χ3n) is 3.28. The van der Waals surface area contributed by atoms with Crippen LogP contribution in [0.15, 0.2) is 12.4 Å². The fraction of sp³-hybridized carbons (Fsp3) is 0.636. The topological polar surface area (TPSA) is 72.4 Å². The van der Waals surface area contributed by atoms with E-state index in [2.05, 4.69) is 9.97 Å². The van der Waals surface area contributed by atoms with Gasteiger partial charge in [0, 0.05) is 19.0 Å². The summed E-state index contributed by atoms with van der Waals surface area (Å²) in [6.45, 7) is 1.51. The lowest BCUT2D eigenvalue weighted by molar-refractivity contribution is 0.126. The first-order chi connectivity index (χ1) is 9.05. The Bertz CT molecular complexity index is 570. The third-order valence-corrected chi connectivity index (χ3v) is 5.79. The van der Waals surface area contributed by atoms with Crippen molar-refractivity contribution in [1.29, 1.82) is 0 Å². The van der Waals surface area contributed by atoms with Crippen LogP contribution in [0.2, 0.25) is 5.15 Å². The molecule has 1 saturated heterocycles. The summed E-state index contributed by atoms with van der Waals surface area (Å²) in [5.41, 5.74) is 0. The van der Waals surface area contributed by atoms with Gasteiger partial charge in [-0.15, -0.1) is 0 Å². The Labute approximate surface area is 116 Å². The number of nitrogens with zero attached hydrogens (tertiary/aromatic N) is 3. The van der Waals surface area contributed by atoms with Gasteiger partial charge in [0.25, 0.3) is 0 Å². The summed E-state index contributed by atoms with van der Waals surface area (Å²) in [6.07, 6.45) is 4.53. The van der Waals surface area contributed by atoms with Crippen molar-refractivity contribution in [2.45, 2.75) is 18.1 Å². The highest BCUT2D eigenvalue weighted by atomic mass is 35.5. The van der Waals surface area contributed by atoms with Crippen LogP contribution >= 0.6 is 11.6 Å². The van der Waals surface area contributed by atoms with Crippen molar-refractivity contribution in [3.8, 4) is 5.88 Å². The van der Waals surface area contributed by atoms with E-state index >= 15 is 0 Å². The van der Waals surface area contributed by atoms with E-state index in [9.17, 15) is 8.42 Å². The third kappa shape index (κ3) is 2.82. The first-order valence-corrected chi connectivity index (χ1v) is 8.03. The monoisotopic (exact) mass is 303 g/mol. The SMILES string of the molecule is O=S(=O)(C1CC1)N1CC(COc2cncc(Cl)n2)C1. The van der Waals surface area contributed by atoms with E-state index in [-0.39, 0.29) is 16.3 Å². The lowest BCUT2D eigenvalue weighted by atomic mass is 10.1. The minimum Gasteiger partial charge on any atom is -0.476 e. The van der Waals surface area contributed by atoms with Crippen molar-refractivity contribution in [2.24, 2.45) is 5.92 Å². The molecule has 2 fully saturated rings. The number of hydrogen-bond acceptors (Lipinski definition) is 5. The van der Waals surface area contributed by atoms with Crippen molar-refractivity contribution in [2.75, 3.05) is 19.7 Å². The van der Waals surface area contributed by atoms with E-state index in [0.29, 0.717) is 25.6 Å². The molecule has 0 unspecified atom stereocenters. The molecule has 1 saturated carbocycles. The van der Waals surface area contributed by atoms with Crippen molar-refractivity contribution in [3.63, 3.8) is 0 Å². The van der Waals surface area contributed by atoms with Gasteiger partial charge in [-0.05, 0) is 12.8 Å². The second kappa shape index (κ2) is 4.88. The van der Waals surface area contributed by atoms with E-state index in [4.69, 9.17) is 16.3 Å². The minimum absolute atomic E-state index is 0.131. The fourth-order valence-electron chi connectivity index (χ4n) is 2.01. The van der Waals surface area contributed by atoms with Crippen molar-refractivity contribution in [1.82, 2.24) is 14.3 Å². The summed E-state index contributed by atoms with van der Waals surface area (Å²) in [5.74, 6) is 0.588. The Morgan fingerprint density at radius 2 is 2.11 bits per heavy atom. The maximum absolute atomic E-state index is 11.9. The smallest absolute Gasteiger partial charge is 0.233 e. The molecule has 8 heteroatoms. The normalized spacial score (nSPS) is 21.1. The summed E-state index contributed by atoms with van der Waals surface area (Å²) in [7, 11) is -3.02. The number of hydrogen-bond donors (Lipinski definition) is 0. The van der Waals surface area contributed by atoms with Crippen LogP contribution in [0.3, 0.4) is 0 Å². The highest BCUT2D eigenvalue weighted by Crippen LogP contribution is 2.34. The van der Waals surface area contributed by atoms with Crippen LogP contribution in [0.4, 0.5) is 0 Å². The average Bonchev–Trinajstić information content (AvgIpc) is 3.10. The zero-order chi connectivity index (χ0) is 13.5. The molecule has 6 nitrogen and oxygen atoms in total. The maximum atomic E-state index is 11.9. The van der Waals surface area contributed by atoms with Crippen molar-refractivity contribution in [3.05, 3.63) is 17.5 Å². The van der Waals surface area contributed by atoms with Gasteiger partial charge in [0.15, 0.2) is 5.15 Å². The van der Waals surface area contributed by atoms with Crippen LogP contribution in [0.5, 0.6) is 5.88 Å². The quantitative estimate of drug-likeness (QED) is 0.809. The van der Waals surface area contributed by atoms with Crippen LogP contribution in [0, 0.1) is 5.92 Å². The summed E-state index contributed by atoms with van der Waals surface area (Å²) in [5, 5.41) is 0.150. The van der Waals surface area contributed by atoms with E-state index in [0.717, 1.165) is 12.8 Å². The zero-order valence-corrected chi connectivity index (χ0v) is 11.8. The summed E-state index contributed by atoms with van der Waals surface area (Å²) in [6, 6.07) is 0. The Balaban J connectivity index is 1.47. The molecule has 0 spiro atoms. The van der Waals surface area contributed by atoms with Gasteiger partial charge in [0.1, 0.15) is 0 Å². The van der Waals surface area contributed by atoms with Gasteiger partial charge in [-0.2, -0.15) is 4.98 Å². The molecule has 1 aliphatic heterocycles. The molecule has 0 amide bonds. The number of aromatic nitrogens is 2. The first kappa shape index (κ1) is 13.1. The molecule has 2 aliphatic rings. The molecule has 1 aromatic heterocycles. The fourth-order valence-corrected chi connectivity index (χ4v) is 4.14. The standard InChI is InChI=1S/C11H14ClN3O3S/c12-10-3-13-4-11(14-10)18-7-8-5-15(6-8)19(16,17)9-1-2-9/h3-4,8-9H,1-2,5-7H2. The molecule has 0 aromatic carbocycles. The molecule has 104 valence electrons. The van der Waals surface area contributed by atoms with Gasteiger partial charge in [0.05, 0.1) is 24.3 Å². The predicted octanol–water partition coefficient (Wildman–Crippen LogP) is 0.933. The van der Waals surface area contributed by atoms with E-state index in [1.807, 2.05) is 0 Å². The van der Waals surface area contributed by atoms with E-state index in [1.165, 1.54) is 12.4 Å². The number of halogens is 1. The van der Waals surface area contributed by atoms with Crippen molar-refractivity contribution < 1.29 is 13.2 Å². The molecular weight excluding hydrogens is 290 g/mol. The Morgan fingerprint density at radius 3 is 2.74 bits per heavy atom. The van der Waals surface area contributed by atoms with Crippen LogP contribution < -0.4 is 4.74 Å². The molecule has 0 atom stereocenters. The van der Waals surface area contributed by atoms with E-state index < -0.39 is 10.0 Å². The molecular formula is C11H14ClN3O3S. The molecule has 0 radical (unpaired) electrons. The van der Waals surface area contributed by atoms with Gasteiger partial charge in [0.2, 0.25) is 15.9 Å². The van der Waals surface area contributed by atoms with Gasteiger partial charge in [-0.25, -0.2) is 12.7 Å². The molecule has 1 aliphatic carbocycles. The molecule has 3 rings (SSSR count). The average molecular weight is 304 g/mol. The second-order valence-electron chi connectivity index (χ2n) is 4.92. The Hall–Kier alpha value is -0.920. The highest BCUT2D eigenvalue weighted by Gasteiger charge is 2.45. The van der Waals surface area contributed by atoms with Crippen LogP contribution in [-0.4, -0.2) is 47.6 Å². The largest absolute Gasteiger partial charge is 0.476 e. The first-order valence-electron chi connectivity index (χ1n) is 6.15. The predicted molar refractivity (Wildman–Crippen MR) is 69.5 cm³/mol. The van der Waals surface area contributed by atoms with E-state index in [1.54, 1.807) is 4.31 Å². The second-order valence-corrected chi connectivity index (χ2v) is 7.52. The Morgan fingerprint density at radius 1 is 1.37 bits per heavy atom. The summed E-state index contributed by atoms with van der Waals surface area (Å²) in [4.78, 5) is 7.82. The molecule has 19 heavy (non-hydrogen) atoms. The van der Waals surface area contributed by atoms with Crippen LogP contribution in [0.25, 0.3) is 0 Å². The molecule has 1 aromatic rings. The maximum Gasteiger partial charge on any atom is 0.233 e. The summed E-state index contributed by atoms with van der Waals surface area (Å²) >= 11 is 5.69. The van der Waals surface area contributed by atoms with Gasteiger partial charge < -0.3 is 4.74 Å².